The molecule has 3 aromatic rings. The Balaban J connectivity index is 1.71. The summed E-state index contributed by atoms with van der Waals surface area (Å²) < 4.78 is 34.6. The van der Waals surface area contributed by atoms with Crippen molar-refractivity contribution in [1.29, 1.82) is 0 Å². The van der Waals surface area contributed by atoms with Crippen molar-refractivity contribution in [3.8, 4) is 0 Å². The highest BCUT2D eigenvalue weighted by Gasteiger charge is 2.30. The molecule has 1 fully saturated rings. The summed E-state index contributed by atoms with van der Waals surface area (Å²) in [6.07, 6.45) is 2.43. The predicted octanol–water partition coefficient (Wildman–Crippen LogP) is 4.76. The lowest BCUT2D eigenvalue weighted by Gasteiger charge is -2.25. The molecule has 182 valence electrons. The van der Waals surface area contributed by atoms with Crippen molar-refractivity contribution < 1.29 is 13.2 Å². The molecule has 1 saturated heterocycles. The molecule has 0 saturated carbocycles. The van der Waals surface area contributed by atoms with Crippen LogP contribution in [0.4, 0.5) is 0 Å². The van der Waals surface area contributed by atoms with E-state index in [0.717, 1.165) is 41.3 Å². The van der Waals surface area contributed by atoms with E-state index in [4.69, 9.17) is 4.74 Å². The van der Waals surface area contributed by atoms with E-state index in [0.29, 0.717) is 12.2 Å². The summed E-state index contributed by atoms with van der Waals surface area (Å²) in [4.78, 5) is 16.0. The zero-order valence-corrected chi connectivity index (χ0v) is 21.2. The van der Waals surface area contributed by atoms with E-state index < -0.39 is 10.0 Å². The Morgan fingerprint density at radius 2 is 1.82 bits per heavy atom. The quantitative estimate of drug-likeness (QED) is 0.527. The number of aryl methyl sites for hydroxylation is 1. The van der Waals surface area contributed by atoms with Gasteiger partial charge >= 0.3 is 0 Å². The second-order valence-corrected chi connectivity index (χ2v) is 12.0. The number of sulfonamides is 1. The Morgan fingerprint density at radius 1 is 1.09 bits per heavy atom. The van der Waals surface area contributed by atoms with E-state index in [2.05, 4.69) is 32.7 Å². The van der Waals surface area contributed by atoms with Crippen LogP contribution in [-0.2, 0) is 33.1 Å². The average molecular weight is 483 g/mol. The molecule has 0 aliphatic carbocycles. The van der Waals surface area contributed by atoms with Gasteiger partial charge in [-0.1, -0.05) is 45.9 Å². The summed E-state index contributed by atoms with van der Waals surface area (Å²) >= 11 is 0. The van der Waals surface area contributed by atoms with Crippen LogP contribution in [0.15, 0.2) is 58.2 Å². The van der Waals surface area contributed by atoms with Gasteiger partial charge in [0, 0.05) is 30.8 Å². The maximum Gasteiger partial charge on any atom is 0.252 e. The van der Waals surface area contributed by atoms with E-state index in [1.54, 1.807) is 12.1 Å². The number of aromatic nitrogens is 1. The molecule has 1 N–H and O–H groups in total. The van der Waals surface area contributed by atoms with Crippen molar-refractivity contribution in [1.82, 2.24) is 9.29 Å². The molecule has 6 nitrogen and oxygen atoms in total. The SMILES string of the molecule is CCc1ccc2[nH]c(=O)c(CN(C[C@@H]3CCCO3)S(=O)(=O)c3ccc(C(C)(C)C)cc3)cc2c1. The van der Waals surface area contributed by atoms with Gasteiger partial charge < -0.3 is 9.72 Å². The molecule has 1 atom stereocenters. The first-order valence-electron chi connectivity index (χ1n) is 11.9. The topological polar surface area (TPSA) is 79.5 Å². The van der Waals surface area contributed by atoms with Gasteiger partial charge in [-0.25, -0.2) is 8.42 Å². The smallest absolute Gasteiger partial charge is 0.252 e. The molecular weight excluding hydrogens is 448 g/mol. The van der Waals surface area contributed by atoms with Crippen molar-refractivity contribution in [3.63, 3.8) is 0 Å². The van der Waals surface area contributed by atoms with Crippen molar-refractivity contribution in [2.24, 2.45) is 0 Å². The lowest BCUT2D eigenvalue weighted by Crippen LogP contribution is -2.38. The van der Waals surface area contributed by atoms with E-state index in [-0.39, 0.29) is 35.1 Å². The summed E-state index contributed by atoms with van der Waals surface area (Å²) in [7, 11) is -3.83. The van der Waals surface area contributed by atoms with Crippen LogP contribution in [0, 0.1) is 0 Å². The Bertz CT molecular complexity index is 1320. The molecule has 2 aromatic carbocycles. The fourth-order valence-corrected chi connectivity index (χ4v) is 5.82. The number of pyridine rings is 1. The normalized spacial score (nSPS) is 17.0. The number of aromatic amines is 1. The fourth-order valence-electron chi connectivity index (χ4n) is 4.37. The predicted molar refractivity (Wildman–Crippen MR) is 136 cm³/mol. The Hall–Kier alpha value is -2.48. The second kappa shape index (κ2) is 9.64. The third-order valence-electron chi connectivity index (χ3n) is 6.53. The van der Waals surface area contributed by atoms with E-state index in [9.17, 15) is 13.2 Å². The lowest BCUT2D eigenvalue weighted by molar-refractivity contribution is 0.0925. The molecule has 1 aliphatic heterocycles. The highest BCUT2D eigenvalue weighted by Crippen LogP contribution is 2.26. The van der Waals surface area contributed by atoms with Crippen molar-refractivity contribution in [3.05, 3.63) is 75.6 Å². The first kappa shape index (κ1) is 24.6. The molecule has 1 aliphatic rings. The first-order valence-corrected chi connectivity index (χ1v) is 13.4. The number of nitrogens with zero attached hydrogens (tertiary/aromatic N) is 1. The number of nitrogens with one attached hydrogen (secondary N) is 1. The Morgan fingerprint density at radius 3 is 2.44 bits per heavy atom. The molecular formula is C27H34N2O4S. The van der Waals surface area contributed by atoms with Gasteiger partial charge in [-0.05, 0) is 71.5 Å². The van der Waals surface area contributed by atoms with Gasteiger partial charge in [0.25, 0.3) is 5.56 Å². The third kappa shape index (κ3) is 5.27. The van der Waals surface area contributed by atoms with Gasteiger partial charge in [-0.3, -0.25) is 4.79 Å². The zero-order valence-electron chi connectivity index (χ0n) is 20.4. The second-order valence-electron chi connectivity index (χ2n) is 10.1. The average Bonchev–Trinajstić information content (AvgIpc) is 3.31. The molecule has 0 amide bonds. The molecule has 7 heteroatoms. The largest absolute Gasteiger partial charge is 0.377 e. The molecule has 0 bridgehead atoms. The third-order valence-corrected chi connectivity index (χ3v) is 8.36. The summed E-state index contributed by atoms with van der Waals surface area (Å²) in [5, 5.41) is 0.901. The molecule has 0 spiro atoms. The van der Waals surface area contributed by atoms with Crippen LogP contribution in [0.5, 0.6) is 0 Å². The number of ether oxygens (including phenoxy) is 1. The maximum absolute atomic E-state index is 13.7. The monoisotopic (exact) mass is 482 g/mol. The molecule has 34 heavy (non-hydrogen) atoms. The minimum absolute atomic E-state index is 0.00909. The van der Waals surface area contributed by atoms with Gasteiger partial charge in [0.2, 0.25) is 10.0 Å². The molecule has 2 heterocycles. The van der Waals surface area contributed by atoms with Crippen LogP contribution in [0.1, 0.15) is 57.2 Å². The van der Waals surface area contributed by atoms with Crippen molar-refractivity contribution >= 4 is 20.9 Å². The lowest BCUT2D eigenvalue weighted by atomic mass is 9.87. The number of H-pyrrole nitrogens is 1. The summed E-state index contributed by atoms with van der Waals surface area (Å²) in [6, 6.07) is 14.8. The van der Waals surface area contributed by atoms with E-state index in [1.807, 2.05) is 36.4 Å². The zero-order chi connectivity index (χ0) is 24.5. The molecule has 0 radical (unpaired) electrons. The number of hydrogen-bond acceptors (Lipinski definition) is 4. The van der Waals surface area contributed by atoms with Crippen molar-refractivity contribution in [2.45, 2.75) is 69.9 Å². The number of hydrogen-bond donors (Lipinski definition) is 1. The standard InChI is InChI=1S/C27H34N2O4S/c1-5-19-8-13-25-20(15-19)16-21(26(30)28-25)17-29(18-23-7-6-14-33-23)34(31,32)24-11-9-22(10-12-24)27(2,3)4/h8-13,15-16,23H,5-7,14,17-18H2,1-4H3,(H,28,30)/t23-/m0/s1. The highest BCUT2D eigenvalue weighted by molar-refractivity contribution is 7.89. The Kier molecular flexibility index (Phi) is 6.99. The fraction of sp³-hybridized carbons (Fsp3) is 0.444. The molecule has 4 rings (SSSR count). The van der Waals surface area contributed by atoms with Gasteiger partial charge in [-0.15, -0.1) is 0 Å². The van der Waals surface area contributed by atoms with Crippen LogP contribution < -0.4 is 5.56 Å². The van der Waals surface area contributed by atoms with Gasteiger partial charge in [0.1, 0.15) is 0 Å². The number of benzene rings is 2. The van der Waals surface area contributed by atoms with Gasteiger partial charge in [0.05, 0.1) is 11.0 Å². The van der Waals surface area contributed by atoms with Crippen LogP contribution in [0.3, 0.4) is 0 Å². The number of fused-ring (bicyclic) bond motifs is 1. The van der Waals surface area contributed by atoms with Crippen LogP contribution in [0.2, 0.25) is 0 Å². The van der Waals surface area contributed by atoms with Crippen molar-refractivity contribution in [2.75, 3.05) is 13.2 Å². The minimum atomic E-state index is -3.83. The van der Waals surface area contributed by atoms with Gasteiger partial charge in [0.15, 0.2) is 0 Å². The molecule has 0 unspecified atom stereocenters. The summed E-state index contributed by atoms with van der Waals surface area (Å²) in [5.74, 6) is 0. The van der Waals surface area contributed by atoms with Gasteiger partial charge in [-0.2, -0.15) is 4.31 Å². The number of rotatable bonds is 7. The summed E-state index contributed by atoms with van der Waals surface area (Å²) in [5.41, 5.74) is 3.05. The Labute approximate surface area is 202 Å². The van der Waals surface area contributed by atoms with E-state index >= 15 is 0 Å². The minimum Gasteiger partial charge on any atom is -0.377 e. The molecule has 1 aromatic heterocycles. The van der Waals surface area contributed by atoms with Crippen LogP contribution in [0.25, 0.3) is 10.9 Å². The first-order chi connectivity index (χ1) is 16.1. The van der Waals surface area contributed by atoms with Crippen LogP contribution in [-0.4, -0.2) is 37.0 Å². The summed E-state index contributed by atoms with van der Waals surface area (Å²) in [6.45, 7) is 9.20. The van der Waals surface area contributed by atoms with E-state index in [1.165, 1.54) is 4.31 Å². The maximum atomic E-state index is 13.7. The van der Waals surface area contributed by atoms with Crippen LogP contribution >= 0.6 is 0 Å². The highest BCUT2D eigenvalue weighted by atomic mass is 32.2.